The van der Waals surface area contributed by atoms with Gasteiger partial charge in [-0.15, -0.1) is 11.3 Å². The molecule has 3 rings (SSSR count). The number of benzene rings is 1. The summed E-state index contributed by atoms with van der Waals surface area (Å²) in [6.07, 6.45) is 1.53. The Morgan fingerprint density at radius 1 is 1.00 bits per heavy atom. The lowest BCUT2D eigenvalue weighted by molar-refractivity contribution is 0.102. The second-order valence-corrected chi connectivity index (χ2v) is 7.00. The van der Waals surface area contributed by atoms with Crippen molar-refractivity contribution in [3.05, 3.63) is 57.9 Å². The van der Waals surface area contributed by atoms with Crippen molar-refractivity contribution in [3.8, 4) is 0 Å². The van der Waals surface area contributed by atoms with Gasteiger partial charge in [-0.1, -0.05) is 17.7 Å². The molecule has 25 heavy (non-hydrogen) atoms. The fourth-order valence-electron chi connectivity index (χ4n) is 2.21. The summed E-state index contributed by atoms with van der Waals surface area (Å²) in [5.74, 6) is 0.201. The molecule has 2 aromatic heterocycles. The Labute approximate surface area is 150 Å². The van der Waals surface area contributed by atoms with Crippen molar-refractivity contribution < 1.29 is 4.79 Å². The number of aromatic nitrogens is 3. The van der Waals surface area contributed by atoms with Gasteiger partial charge in [-0.2, -0.15) is 0 Å². The van der Waals surface area contributed by atoms with Crippen LogP contribution in [0.1, 0.15) is 32.2 Å². The van der Waals surface area contributed by atoms with Crippen LogP contribution in [0.25, 0.3) is 0 Å². The number of hydrogen-bond acceptors (Lipinski definition) is 6. The molecule has 0 spiro atoms. The van der Waals surface area contributed by atoms with E-state index < -0.39 is 0 Å². The molecule has 0 saturated heterocycles. The number of nitrogens with zero attached hydrogens (tertiary/aromatic N) is 3. The molecule has 2 heterocycles. The summed E-state index contributed by atoms with van der Waals surface area (Å²) in [7, 11) is 0. The number of hydrogen-bond donors (Lipinski definition) is 2. The monoisotopic (exact) mass is 353 g/mol. The largest absolute Gasteiger partial charge is 0.322 e. The molecular formula is C18H19N5OS. The average molecular weight is 353 g/mol. The number of nitrogens with one attached hydrogen (secondary N) is 2. The van der Waals surface area contributed by atoms with Crippen LogP contribution in [-0.4, -0.2) is 20.9 Å². The van der Waals surface area contributed by atoms with Gasteiger partial charge in [-0.3, -0.25) is 4.79 Å². The highest BCUT2D eigenvalue weighted by atomic mass is 32.1. The molecule has 1 aromatic carbocycles. The highest BCUT2D eigenvalue weighted by molar-refractivity contribution is 7.15. The van der Waals surface area contributed by atoms with E-state index in [0.717, 1.165) is 27.0 Å². The van der Waals surface area contributed by atoms with Gasteiger partial charge in [0.05, 0.1) is 17.0 Å². The Kier molecular flexibility index (Phi) is 4.76. The third-order valence-corrected chi connectivity index (χ3v) is 4.77. The molecule has 2 N–H and O–H groups in total. The normalized spacial score (nSPS) is 10.6. The zero-order valence-electron chi connectivity index (χ0n) is 14.5. The molecule has 0 aliphatic rings. The van der Waals surface area contributed by atoms with Crippen LogP contribution in [0.2, 0.25) is 0 Å². The first kappa shape index (κ1) is 17.0. The molecule has 7 heteroatoms. The van der Waals surface area contributed by atoms with Crippen LogP contribution in [0.15, 0.2) is 30.5 Å². The highest BCUT2D eigenvalue weighted by Crippen LogP contribution is 2.23. The average Bonchev–Trinajstić information content (AvgIpc) is 2.87. The van der Waals surface area contributed by atoms with Crippen molar-refractivity contribution in [2.24, 2.45) is 0 Å². The molecule has 0 bridgehead atoms. The van der Waals surface area contributed by atoms with Crippen molar-refractivity contribution in [2.45, 2.75) is 27.7 Å². The van der Waals surface area contributed by atoms with Gasteiger partial charge < -0.3 is 10.6 Å². The van der Waals surface area contributed by atoms with Crippen molar-refractivity contribution in [2.75, 3.05) is 10.6 Å². The van der Waals surface area contributed by atoms with Gasteiger partial charge in [-0.25, -0.2) is 15.0 Å². The van der Waals surface area contributed by atoms with E-state index in [1.165, 1.54) is 6.20 Å². The molecule has 3 aromatic rings. The summed E-state index contributed by atoms with van der Waals surface area (Å²) in [6.45, 7) is 7.76. The Morgan fingerprint density at radius 3 is 2.32 bits per heavy atom. The number of thiazole rings is 1. The van der Waals surface area contributed by atoms with Crippen molar-refractivity contribution >= 4 is 34.0 Å². The maximum atomic E-state index is 12.4. The number of carbonyl (C=O) groups excluding carboxylic acids is 1. The number of carbonyl (C=O) groups is 1. The van der Waals surface area contributed by atoms with E-state index in [-0.39, 0.29) is 5.91 Å². The molecule has 0 radical (unpaired) electrons. The van der Waals surface area contributed by atoms with E-state index in [1.807, 2.05) is 45.0 Å². The fraction of sp³-hybridized carbons (Fsp3) is 0.222. The van der Waals surface area contributed by atoms with Crippen LogP contribution in [0.5, 0.6) is 0 Å². The van der Waals surface area contributed by atoms with E-state index >= 15 is 0 Å². The molecule has 1 amide bonds. The van der Waals surface area contributed by atoms with Crippen LogP contribution in [0.4, 0.5) is 16.8 Å². The number of amides is 1. The van der Waals surface area contributed by atoms with Gasteiger partial charge >= 0.3 is 0 Å². The summed E-state index contributed by atoms with van der Waals surface area (Å²) in [5.41, 5.74) is 3.91. The maximum Gasteiger partial charge on any atom is 0.259 e. The van der Waals surface area contributed by atoms with Gasteiger partial charge in [0, 0.05) is 16.8 Å². The Morgan fingerprint density at radius 2 is 1.72 bits per heavy atom. The minimum Gasteiger partial charge on any atom is -0.322 e. The predicted molar refractivity (Wildman–Crippen MR) is 101 cm³/mol. The molecule has 128 valence electrons. The smallest absolute Gasteiger partial charge is 0.259 e. The minimum absolute atomic E-state index is 0.228. The molecule has 0 atom stereocenters. The quantitative estimate of drug-likeness (QED) is 0.736. The Balaban J connectivity index is 1.74. The highest BCUT2D eigenvalue weighted by Gasteiger charge is 2.13. The van der Waals surface area contributed by atoms with Gasteiger partial charge in [0.25, 0.3) is 5.91 Å². The summed E-state index contributed by atoms with van der Waals surface area (Å²) >= 11 is 1.55. The lowest BCUT2D eigenvalue weighted by atomic mass is 10.2. The third-order valence-electron chi connectivity index (χ3n) is 3.78. The van der Waals surface area contributed by atoms with Crippen LogP contribution in [-0.2, 0) is 0 Å². The second-order valence-electron chi connectivity index (χ2n) is 5.80. The maximum absolute atomic E-state index is 12.4. The summed E-state index contributed by atoms with van der Waals surface area (Å²) < 4.78 is 0. The van der Waals surface area contributed by atoms with E-state index in [4.69, 9.17) is 0 Å². The molecule has 6 nitrogen and oxygen atoms in total. The lowest BCUT2D eigenvalue weighted by Crippen LogP contribution is -2.15. The van der Waals surface area contributed by atoms with Crippen LogP contribution < -0.4 is 10.6 Å². The summed E-state index contributed by atoms with van der Waals surface area (Å²) in [5, 5.41) is 6.68. The van der Waals surface area contributed by atoms with E-state index in [2.05, 4.69) is 25.6 Å². The Hall–Kier alpha value is -2.80. The predicted octanol–water partition coefficient (Wildman–Crippen LogP) is 4.16. The van der Waals surface area contributed by atoms with Gasteiger partial charge in [0.1, 0.15) is 0 Å². The van der Waals surface area contributed by atoms with Crippen molar-refractivity contribution in [3.63, 3.8) is 0 Å². The minimum atomic E-state index is -0.228. The van der Waals surface area contributed by atoms with Gasteiger partial charge in [0.2, 0.25) is 5.95 Å². The zero-order chi connectivity index (χ0) is 18.0. The van der Waals surface area contributed by atoms with E-state index in [1.54, 1.807) is 18.3 Å². The number of aryl methyl sites for hydroxylation is 4. The van der Waals surface area contributed by atoms with Crippen LogP contribution in [0, 0.1) is 27.7 Å². The van der Waals surface area contributed by atoms with E-state index in [0.29, 0.717) is 17.2 Å². The Bertz CT molecular complexity index is 898. The van der Waals surface area contributed by atoms with Crippen molar-refractivity contribution in [1.82, 2.24) is 15.0 Å². The van der Waals surface area contributed by atoms with Crippen LogP contribution >= 0.6 is 11.3 Å². The van der Waals surface area contributed by atoms with Gasteiger partial charge in [0.15, 0.2) is 5.13 Å². The van der Waals surface area contributed by atoms with Gasteiger partial charge in [-0.05, 0) is 39.8 Å². The summed E-state index contributed by atoms with van der Waals surface area (Å²) in [4.78, 5) is 26.6. The first-order valence-electron chi connectivity index (χ1n) is 7.85. The van der Waals surface area contributed by atoms with Crippen molar-refractivity contribution in [1.29, 1.82) is 0 Å². The molecule has 0 saturated carbocycles. The SMILES string of the molecule is Cc1ccc(NC(=O)c2cnc(Nc3nc(C)c(C)s3)nc2C)cc1. The number of anilines is 3. The third kappa shape index (κ3) is 4.00. The lowest BCUT2D eigenvalue weighted by Gasteiger charge is -2.08. The zero-order valence-corrected chi connectivity index (χ0v) is 15.4. The molecule has 0 aliphatic carbocycles. The molecule has 0 unspecified atom stereocenters. The van der Waals surface area contributed by atoms with Crippen LogP contribution in [0.3, 0.4) is 0 Å². The van der Waals surface area contributed by atoms with E-state index in [9.17, 15) is 4.79 Å². The standard InChI is InChI=1S/C18H19N5OS/c1-10-5-7-14(8-6-10)22-16(24)15-9-19-17(20-12(15)3)23-18-21-11(2)13(4)25-18/h5-9H,1-4H3,(H,22,24)(H,19,20,21,23). The first-order chi connectivity index (χ1) is 11.9. The molecule has 0 fully saturated rings. The molecule has 0 aliphatic heterocycles. The number of rotatable bonds is 4. The first-order valence-corrected chi connectivity index (χ1v) is 8.67. The second kappa shape index (κ2) is 6.98. The molecular weight excluding hydrogens is 334 g/mol. The topological polar surface area (TPSA) is 79.8 Å². The fourth-order valence-corrected chi connectivity index (χ4v) is 3.02. The summed E-state index contributed by atoms with van der Waals surface area (Å²) in [6, 6.07) is 7.63.